The van der Waals surface area contributed by atoms with Crippen LogP contribution in [0, 0.1) is 0 Å². The Labute approximate surface area is 289 Å². The Balaban J connectivity index is 1.40. The number of rotatable bonds is 15. The first-order chi connectivity index (χ1) is 23.0. The van der Waals surface area contributed by atoms with Crippen molar-refractivity contribution in [2.45, 2.75) is 33.9 Å². The van der Waals surface area contributed by atoms with Gasteiger partial charge in [0.05, 0.1) is 36.7 Å². The Hall–Kier alpha value is -4.47. The lowest BCUT2D eigenvalue weighted by molar-refractivity contribution is -0.158. The summed E-state index contributed by atoms with van der Waals surface area (Å²) in [6.45, 7) is -0.140. The van der Waals surface area contributed by atoms with Gasteiger partial charge in [-0.05, 0) is 36.4 Å². The van der Waals surface area contributed by atoms with E-state index in [1.807, 2.05) is 0 Å². The van der Waals surface area contributed by atoms with Crippen LogP contribution in [0.3, 0.4) is 0 Å². The van der Waals surface area contributed by atoms with Crippen molar-refractivity contribution in [1.29, 1.82) is 0 Å². The van der Waals surface area contributed by atoms with Crippen molar-refractivity contribution < 1.29 is 44.1 Å². The van der Waals surface area contributed by atoms with Gasteiger partial charge < -0.3 is 30.0 Å². The van der Waals surface area contributed by atoms with E-state index in [9.17, 15) is 44.1 Å². The lowest BCUT2D eigenvalue weighted by atomic mass is 10.2. The first-order valence-electron chi connectivity index (χ1n) is 14.7. The Morgan fingerprint density at radius 3 is 0.958 bits per heavy atom. The monoisotopic (exact) mass is 711 g/mol. The summed E-state index contributed by atoms with van der Waals surface area (Å²) in [5.74, 6) is -3.34. The van der Waals surface area contributed by atoms with Gasteiger partial charge >= 0.3 is 17.9 Å². The van der Waals surface area contributed by atoms with E-state index >= 15 is 0 Å². The smallest absolute Gasteiger partial charge is 0.336 e. The van der Waals surface area contributed by atoms with Crippen molar-refractivity contribution in [2.24, 2.45) is 0 Å². The second kappa shape index (κ2) is 17.6. The van der Waals surface area contributed by atoms with Crippen molar-refractivity contribution in [2.75, 3.05) is 37.3 Å². The maximum Gasteiger partial charge on any atom is 0.336 e. The van der Waals surface area contributed by atoms with Crippen molar-refractivity contribution in [3.63, 3.8) is 0 Å². The molecule has 0 aromatic heterocycles. The van der Waals surface area contributed by atoms with Gasteiger partial charge in [0, 0.05) is 51.2 Å². The number of benzene rings is 3. The number of nitrogens with zero attached hydrogens (tertiary/aromatic N) is 3. The average molecular weight is 712 g/mol. The van der Waals surface area contributed by atoms with Crippen molar-refractivity contribution in [3.8, 4) is 0 Å². The molecule has 1 saturated heterocycles. The van der Waals surface area contributed by atoms with E-state index in [0.717, 1.165) is 0 Å². The Bertz CT molecular complexity index is 1490. The van der Waals surface area contributed by atoms with Gasteiger partial charge in [0.2, 0.25) is 17.7 Å². The number of carboxylic acids is 3. The molecule has 3 amide bonds. The van der Waals surface area contributed by atoms with Crippen LogP contribution in [-0.2, 0) is 14.4 Å². The molecule has 252 valence electrons. The minimum Gasteiger partial charge on any atom is -0.478 e. The number of aromatic carboxylic acids is 3. The van der Waals surface area contributed by atoms with E-state index < -0.39 is 17.9 Å². The Morgan fingerprint density at radius 1 is 0.458 bits per heavy atom. The number of carbonyl (C=O) groups excluding carboxylic acids is 3. The summed E-state index contributed by atoms with van der Waals surface area (Å²) in [6.07, 6.45) is 0.102. The summed E-state index contributed by atoms with van der Waals surface area (Å²) >= 11 is 3.68. The predicted octanol–water partition coefficient (Wildman–Crippen LogP) is 5.00. The molecule has 15 heteroatoms. The molecular formula is C33H33N3O9S3. The number of carboxylic acid groups (broad SMARTS) is 3. The Morgan fingerprint density at radius 2 is 0.708 bits per heavy atom. The number of carbonyl (C=O) groups is 6. The normalized spacial score (nSPS) is 12.9. The van der Waals surface area contributed by atoms with Crippen LogP contribution in [0.4, 0.5) is 0 Å². The fourth-order valence-corrected chi connectivity index (χ4v) is 7.70. The molecule has 48 heavy (non-hydrogen) atoms. The van der Waals surface area contributed by atoms with E-state index in [1.165, 1.54) is 68.2 Å². The van der Waals surface area contributed by atoms with Crippen LogP contribution in [-0.4, -0.2) is 103 Å². The molecule has 0 aliphatic carbocycles. The maximum atomic E-state index is 13.3. The lowest BCUT2D eigenvalue weighted by Crippen LogP contribution is -2.59. The fraction of sp³-hybridized carbons (Fsp3) is 0.273. The first kappa shape index (κ1) is 36.4. The molecule has 4 rings (SSSR count). The van der Waals surface area contributed by atoms with E-state index in [2.05, 4.69) is 0 Å². The molecule has 0 bridgehead atoms. The molecule has 1 fully saturated rings. The average Bonchev–Trinajstić information content (AvgIpc) is 3.08. The molecular weight excluding hydrogens is 679 g/mol. The summed E-state index contributed by atoms with van der Waals surface area (Å²) in [6, 6.07) is 19.5. The van der Waals surface area contributed by atoms with Gasteiger partial charge in [0.25, 0.3) is 0 Å². The highest BCUT2D eigenvalue weighted by molar-refractivity contribution is 7.99. The summed E-state index contributed by atoms with van der Waals surface area (Å²) < 4.78 is 0. The van der Waals surface area contributed by atoms with Crippen LogP contribution in [0.5, 0.6) is 0 Å². The van der Waals surface area contributed by atoms with E-state index in [4.69, 9.17) is 0 Å². The fourth-order valence-electron chi connectivity index (χ4n) is 4.75. The lowest BCUT2D eigenvalue weighted by Gasteiger charge is -2.42. The van der Waals surface area contributed by atoms with Gasteiger partial charge in [-0.15, -0.1) is 35.3 Å². The molecule has 1 heterocycles. The summed E-state index contributed by atoms with van der Waals surface area (Å²) in [5, 5.41) is 28.4. The van der Waals surface area contributed by atoms with E-state index in [0.29, 0.717) is 14.7 Å². The van der Waals surface area contributed by atoms with Gasteiger partial charge in [-0.1, -0.05) is 36.4 Å². The van der Waals surface area contributed by atoms with Crippen molar-refractivity contribution >= 4 is 70.9 Å². The zero-order chi connectivity index (χ0) is 34.6. The second-order valence-electron chi connectivity index (χ2n) is 10.4. The van der Waals surface area contributed by atoms with E-state index in [-0.39, 0.29) is 90.9 Å². The molecule has 0 radical (unpaired) electrons. The van der Waals surface area contributed by atoms with E-state index in [1.54, 1.807) is 54.6 Å². The predicted molar refractivity (Wildman–Crippen MR) is 181 cm³/mol. The molecule has 3 aromatic rings. The van der Waals surface area contributed by atoms with Crippen molar-refractivity contribution in [3.05, 3.63) is 89.5 Å². The minimum atomic E-state index is -1.07. The minimum absolute atomic E-state index is 0.0341. The topological polar surface area (TPSA) is 173 Å². The number of thioether (sulfide) groups is 3. The largest absolute Gasteiger partial charge is 0.478 e. The molecule has 0 atom stereocenters. The van der Waals surface area contributed by atoms with Crippen molar-refractivity contribution in [1.82, 2.24) is 14.7 Å². The molecule has 0 spiro atoms. The zero-order valence-corrected chi connectivity index (χ0v) is 28.1. The molecule has 0 unspecified atom stereocenters. The van der Waals surface area contributed by atoms with Gasteiger partial charge in [-0.3, -0.25) is 14.4 Å². The SMILES string of the molecule is O=C(O)c1ccccc1SCCC(=O)N1CN(C(=O)CCSc2ccccc2C(=O)O)CN(C(=O)CCSc2ccccc2C(=O)O)C1. The molecule has 12 nitrogen and oxygen atoms in total. The molecule has 0 saturated carbocycles. The summed E-state index contributed by atoms with van der Waals surface area (Å²) in [7, 11) is 0. The highest BCUT2D eigenvalue weighted by Gasteiger charge is 2.31. The van der Waals surface area contributed by atoms with Gasteiger partial charge in [-0.25, -0.2) is 14.4 Å². The third kappa shape index (κ3) is 10.0. The first-order valence-corrected chi connectivity index (χ1v) is 17.7. The molecule has 3 aromatic carbocycles. The summed E-state index contributed by atoms with van der Waals surface area (Å²) in [4.78, 5) is 80.5. The summed E-state index contributed by atoms with van der Waals surface area (Å²) in [5.41, 5.74) is 0.400. The third-order valence-electron chi connectivity index (χ3n) is 7.16. The van der Waals surface area contributed by atoms with Crippen LogP contribution in [0.25, 0.3) is 0 Å². The number of hydrogen-bond donors (Lipinski definition) is 3. The molecule has 3 N–H and O–H groups in total. The Kier molecular flexibility index (Phi) is 13.3. The van der Waals surface area contributed by atoms with Gasteiger partial charge in [-0.2, -0.15) is 0 Å². The van der Waals surface area contributed by atoms with Crippen LogP contribution in [0.15, 0.2) is 87.5 Å². The van der Waals surface area contributed by atoms with Crippen LogP contribution < -0.4 is 0 Å². The maximum absolute atomic E-state index is 13.3. The third-order valence-corrected chi connectivity index (χ3v) is 10.4. The molecule has 1 aliphatic rings. The van der Waals surface area contributed by atoms with Gasteiger partial charge in [0.1, 0.15) is 0 Å². The number of hydrogen-bond acceptors (Lipinski definition) is 9. The zero-order valence-electron chi connectivity index (χ0n) is 25.6. The quantitative estimate of drug-likeness (QED) is 0.181. The van der Waals surface area contributed by atoms with Crippen LogP contribution >= 0.6 is 35.3 Å². The standard InChI is InChI=1S/C33H33N3O9S3/c37-28(13-16-46-25-10-4-1-7-22(25)31(40)41)34-19-35(29(38)14-17-47-26-11-5-2-8-23(26)32(42)43)21-36(20-34)30(39)15-18-48-27-12-6-3-9-24(27)33(44)45/h1-12H,13-21H2,(H,40,41)(H,42,43)(H,44,45). The van der Waals surface area contributed by atoms with Crippen LogP contribution in [0.1, 0.15) is 50.3 Å². The second-order valence-corrected chi connectivity index (χ2v) is 13.8. The van der Waals surface area contributed by atoms with Gasteiger partial charge in [0.15, 0.2) is 0 Å². The highest BCUT2D eigenvalue weighted by atomic mass is 32.2. The highest BCUT2D eigenvalue weighted by Crippen LogP contribution is 2.27. The number of amides is 3. The molecule has 1 aliphatic heterocycles. The van der Waals surface area contributed by atoms with Crippen LogP contribution in [0.2, 0.25) is 0 Å².